The molecular formula is C21H14Cl2N2O. The number of nitrogens with zero attached hydrogens (tertiary/aromatic N) is 2. The van der Waals surface area contributed by atoms with E-state index in [1.54, 1.807) is 12.1 Å². The maximum Gasteiger partial charge on any atom is 0.230 e. The molecule has 1 heterocycles. The Hall–Kier alpha value is -2.62. The lowest BCUT2D eigenvalue weighted by Gasteiger charge is -2.10. The summed E-state index contributed by atoms with van der Waals surface area (Å²) in [5.74, 6) is 1.75. The minimum absolute atomic E-state index is 0.460. The summed E-state index contributed by atoms with van der Waals surface area (Å²) in [4.78, 5) is 9.26. The summed E-state index contributed by atoms with van der Waals surface area (Å²) in [5.41, 5.74) is 2.74. The van der Waals surface area contributed by atoms with Crippen molar-refractivity contribution in [2.45, 2.75) is 6.92 Å². The quantitative estimate of drug-likeness (QED) is 0.396. The van der Waals surface area contributed by atoms with E-state index in [2.05, 4.69) is 9.97 Å². The zero-order chi connectivity index (χ0) is 18.1. The Kier molecular flexibility index (Phi) is 4.49. The molecule has 0 fully saturated rings. The maximum absolute atomic E-state index is 6.15. The zero-order valence-corrected chi connectivity index (χ0v) is 15.4. The predicted octanol–water partition coefficient (Wildman–Crippen LogP) is 6.70. The number of para-hydroxylation sites is 1. The van der Waals surface area contributed by atoms with Gasteiger partial charge in [0.25, 0.3) is 0 Å². The fourth-order valence-electron chi connectivity index (χ4n) is 2.61. The highest BCUT2D eigenvalue weighted by Crippen LogP contribution is 2.32. The van der Waals surface area contributed by atoms with Crippen molar-refractivity contribution >= 4 is 34.1 Å². The van der Waals surface area contributed by atoms with Gasteiger partial charge in [0.2, 0.25) is 5.88 Å². The van der Waals surface area contributed by atoms with Gasteiger partial charge in [0.05, 0.1) is 20.9 Å². The minimum atomic E-state index is 0.460. The van der Waals surface area contributed by atoms with Crippen LogP contribution >= 0.6 is 23.2 Å². The number of hydrogen-bond donors (Lipinski definition) is 0. The lowest BCUT2D eigenvalue weighted by Crippen LogP contribution is -1.96. The second-order valence-corrected chi connectivity index (χ2v) is 6.73. The smallest absolute Gasteiger partial charge is 0.230 e. The van der Waals surface area contributed by atoms with Gasteiger partial charge < -0.3 is 4.74 Å². The third-order valence-electron chi connectivity index (χ3n) is 3.98. The molecular weight excluding hydrogens is 367 g/mol. The molecule has 0 atom stereocenters. The van der Waals surface area contributed by atoms with Crippen LogP contribution in [-0.4, -0.2) is 9.97 Å². The van der Waals surface area contributed by atoms with E-state index in [0.29, 0.717) is 21.7 Å². The molecule has 128 valence electrons. The standard InChI is InChI=1S/C21H14Cl2N2O/c1-13-6-9-15(10-7-13)26-21-16-4-2-3-5-19(16)24-20(25-21)14-8-11-17(22)18(23)12-14/h2-12H,1H3. The van der Waals surface area contributed by atoms with Crippen molar-refractivity contribution in [3.05, 3.63) is 82.3 Å². The Morgan fingerprint density at radius 1 is 0.808 bits per heavy atom. The molecule has 3 aromatic carbocycles. The SMILES string of the molecule is Cc1ccc(Oc2nc(-c3ccc(Cl)c(Cl)c3)nc3ccccc23)cc1. The Balaban J connectivity index is 1.85. The number of aromatic nitrogens is 2. The number of aryl methyl sites for hydroxylation is 1. The first-order chi connectivity index (χ1) is 12.6. The average molecular weight is 381 g/mol. The summed E-state index contributed by atoms with van der Waals surface area (Å²) in [6, 6.07) is 20.9. The average Bonchev–Trinajstić information content (AvgIpc) is 2.66. The summed E-state index contributed by atoms with van der Waals surface area (Å²) >= 11 is 12.2. The lowest BCUT2D eigenvalue weighted by atomic mass is 10.2. The highest BCUT2D eigenvalue weighted by Gasteiger charge is 2.12. The molecule has 0 aliphatic heterocycles. The van der Waals surface area contributed by atoms with Crippen LogP contribution in [0.25, 0.3) is 22.3 Å². The fraction of sp³-hybridized carbons (Fsp3) is 0.0476. The van der Waals surface area contributed by atoms with Gasteiger partial charge in [0.15, 0.2) is 5.82 Å². The highest BCUT2D eigenvalue weighted by atomic mass is 35.5. The van der Waals surface area contributed by atoms with Crippen molar-refractivity contribution in [2.24, 2.45) is 0 Å². The van der Waals surface area contributed by atoms with E-state index in [-0.39, 0.29) is 0 Å². The van der Waals surface area contributed by atoms with Gasteiger partial charge in [0, 0.05) is 5.56 Å². The van der Waals surface area contributed by atoms with Gasteiger partial charge in [-0.2, -0.15) is 4.98 Å². The molecule has 0 radical (unpaired) electrons. The lowest BCUT2D eigenvalue weighted by molar-refractivity contribution is 0.469. The molecule has 0 aliphatic carbocycles. The van der Waals surface area contributed by atoms with Crippen molar-refractivity contribution in [2.75, 3.05) is 0 Å². The van der Waals surface area contributed by atoms with Crippen LogP contribution in [0, 0.1) is 6.92 Å². The van der Waals surface area contributed by atoms with Gasteiger partial charge in [-0.3, -0.25) is 0 Å². The molecule has 4 aromatic rings. The summed E-state index contributed by atoms with van der Waals surface area (Å²) in [6.07, 6.45) is 0. The molecule has 0 bridgehead atoms. The van der Waals surface area contributed by atoms with Gasteiger partial charge in [-0.05, 0) is 49.4 Å². The van der Waals surface area contributed by atoms with E-state index in [1.807, 2.05) is 61.5 Å². The maximum atomic E-state index is 6.15. The summed E-state index contributed by atoms with van der Waals surface area (Å²) < 4.78 is 6.05. The Labute approximate surface area is 161 Å². The van der Waals surface area contributed by atoms with Crippen molar-refractivity contribution in [3.8, 4) is 23.0 Å². The molecule has 1 aromatic heterocycles. The minimum Gasteiger partial charge on any atom is -0.438 e. The van der Waals surface area contributed by atoms with Crippen molar-refractivity contribution in [3.63, 3.8) is 0 Å². The third kappa shape index (κ3) is 3.36. The first-order valence-corrected chi connectivity index (χ1v) is 8.82. The number of hydrogen-bond acceptors (Lipinski definition) is 3. The zero-order valence-electron chi connectivity index (χ0n) is 13.9. The number of benzene rings is 3. The topological polar surface area (TPSA) is 35.0 Å². The van der Waals surface area contributed by atoms with E-state index in [0.717, 1.165) is 22.2 Å². The van der Waals surface area contributed by atoms with E-state index < -0.39 is 0 Å². The number of fused-ring (bicyclic) bond motifs is 1. The number of ether oxygens (including phenoxy) is 1. The second kappa shape index (κ2) is 6.94. The molecule has 3 nitrogen and oxygen atoms in total. The van der Waals surface area contributed by atoms with Crippen LogP contribution in [0.15, 0.2) is 66.7 Å². The van der Waals surface area contributed by atoms with E-state index in [1.165, 1.54) is 5.56 Å². The molecule has 0 saturated carbocycles. The molecule has 0 N–H and O–H groups in total. The largest absolute Gasteiger partial charge is 0.438 e. The van der Waals surface area contributed by atoms with Gasteiger partial charge in [0.1, 0.15) is 5.75 Å². The fourth-order valence-corrected chi connectivity index (χ4v) is 2.91. The van der Waals surface area contributed by atoms with E-state index >= 15 is 0 Å². The summed E-state index contributed by atoms with van der Waals surface area (Å²) in [5, 5.41) is 1.80. The van der Waals surface area contributed by atoms with Gasteiger partial charge in [-0.25, -0.2) is 4.98 Å². The normalized spacial score (nSPS) is 10.9. The van der Waals surface area contributed by atoms with Crippen molar-refractivity contribution in [1.29, 1.82) is 0 Å². The van der Waals surface area contributed by atoms with Gasteiger partial charge in [-0.1, -0.05) is 53.0 Å². The highest BCUT2D eigenvalue weighted by molar-refractivity contribution is 6.42. The van der Waals surface area contributed by atoms with E-state index in [4.69, 9.17) is 27.9 Å². The molecule has 5 heteroatoms. The second-order valence-electron chi connectivity index (χ2n) is 5.91. The first-order valence-electron chi connectivity index (χ1n) is 8.07. The van der Waals surface area contributed by atoms with Crippen LogP contribution in [0.4, 0.5) is 0 Å². The molecule has 0 amide bonds. The number of rotatable bonds is 3. The van der Waals surface area contributed by atoms with Crippen LogP contribution in [-0.2, 0) is 0 Å². The van der Waals surface area contributed by atoms with Crippen molar-refractivity contribution in [1.82, 2.24) is 9.97 Å². The molecule has 0 unspecified atom stereocenters. The molecule has 0 spiro atoms. The summed E-state index contributed by atoms with van der Waals surface area (Å²) in [7, 11) is 0. The van der Waals surface area contributed by atoms with Crippen molar-refractivity contribution < 1.29 is 4.74 Å². The van der Waals surface area contributed by atoms with Crippen LogP contribution < -0.4 is 4.74 Å². The Bertz CT molecular complexity index is 1090. The van der Waals surface area contributed by atoms with Gasteiger partial charge in [-0.15, -0.1) is 0 Å². The van der Waals surface area contributed by atoms with Crippen LogP contribution in [0.3, 0.4) is 0 Å². The van der Waals surface area contributed by atoms with Crippen LogP contribution in [0.1, 0.15) is 5.56 Å². The monoisotopic (exact) mass is 380 g/mol. The molecule has 26 heavy (non-hydrogen) atoms. The molecule has 0 saturated heterocycles. The first kappa shape index (κ1) is 16.8. The summed E-state index contributed by atoms with van der Waals surface area (Å²) in [6.45, 7) is 2.03. The van der Waals surface area contributed by atoms with E-state index in [9.17, 15) is 0 Å². The predicted molar refractivity (Wildman–Crippen MR) is 106 cm³/mol. The molecule has 0 aliphatic rings. The third-order valence-corrected chi connectivity index (χ3v) is 4.72. The van der Waals surface area contributed by atoms with Crippen LogP contribution in [0.5, 0.6) is 11.6 Å². The Morgan fingerprint density at radius 2 is 1.58 bits per heavy atom. The Morgan fingerprint density at radius 3 is 2.35 bits per heavy atom. The van der Waals surface area contributed by atoms with Gasteiger partial charge >= 0.3 is 0 Å². The number of halogens is 2. The molecule has 4 rings (SSSR count). The van der Waals surface area contributed by atoms with Crippen LogP contribution in [0.2, 0.25) is 10.0 Å².